The van der Waals surface area contributed by atoms with Gasteiger partial charge in [-0.1, -0.05) is 22.0 Å². The van der Waals surface area contributed by atoms with E-state index in [1.165, 1.54) is 6.07 Å². The summed E-state index contributed by atoms with van der Waals surface area (Å²) in [5, 5.41) is 0. The van der Waals surface area contributed by atoms with Crippen molar-refractivity contribution < 1.29 is 9.13 Å². The first-order valence-electron chi connectivity index (χ1n) is 5.94. The van der Waals surface area contributed by atoms with E-state index < -0.39 is 0 Å². The van der Waals surface area contributed by atoms with Crippen LogP contribution in [-0.2, 0) is 11.2 Å². The Bertz CT molecular complexity index is 380. The Morgan fingerprint density at radius 2 is 2.12 bits per heavy atom. The fourth-order valence-corrected chi connectivity index (χ4v) is 2.58. The van der Waals surface area contributed by atoms with Gasteiger partial charge in [-0.15, -0.1) is 0 Å². The maximum absolute atomic E-state index is 13.7. The summed E-state index contributed by atoms with van der Waals surface area (Å²) in [6, 6.07) is 5.18. The van der Waals surface area contributed by atoms with E-state index in [9.17, 15) is 4.39 Å². The summed E-state index contributed by atoms with van der Waals surface area (Å²) in [7, 11) is 0. The Kier molecular flexibility index (Phi) is 4.54. The molecule has 0 saturated carbocycles. The second kappa shape index (κ2) is 5.94. The third-order valence-corrected chi connectivity index (χ3v) is 3.84. The Morgan fingerprint density at radius 3 is 2.76 bits per heavy atom. The van der Waals surface area contributed by atoms with Crippen molar-refractivity contribution in [3.8, 4) is 0 Å². The van der Waals surface area contributed by atoms with Gasteiger partial charge < -0.3 is 10.5 Å². The molecular formula is C13H17BrFNO. The van der Waals surface area contributed by atoms with Gasteiger partial charge in [-0.3, -0.25) is 0 Å². The summed E-state index contributed by atoms with van der Waals surface area (Å²) in [4.78, 5) is 0. The van der Waals surface area contributed by atoms with Crippen LogP contribution in [0, 0.1) is 11.7 Å². The lowest BCUT2D eigenvalue weighted by molar-refractivity contribution is 0.0584. The Balaban J connectivity index is 1.99. The van der Waals surface area contributed by atoms with Gasteiger partial charge in [-0.05, 0) is 42.9 Å². The lowest BCUT2D eigenvalue weighted by Crippen LogP contribution is -2.36. The molecule has 0 aromatic heterocycles. The zero-order valence-electron chi connectivity index (χ0n) is 9.66. The summed E-state index contributed by atoms with van der Waals surface area (Å²) in [6.07, 6.45) is 2.57. The van der Waals surface area contributed by atoms with Crippen molar-refractivity contribution in [2.24, 2.45) is 11.7 Å². The molecule has 2 rings (SSSR count). The van der Waals surface area contributed by atoms with Crippen LogP contribution in [0.1, 0.15) is 18.4 Å². The number of ether oxygens (including phenoxy) is 1. The molecule has 0 spiro atoms. The van der Waals surface area contributed by atoms with E-state index in [1.54, 1.807) is 6.07 Å². The predicted octanol–water partition coefficient (Wildman–Crippen LogP) is 2.88. The van der Waals surface area contributed by atoms with E-state index >= 15 is 0 Å². The zero-order valence-corrected chi connectivity index (χ0v) is 11.2. The number of hydrogen-bond donors (Lipinski definition) is 1. The minimum atomic E-state index is -0.179. The fourth-order valence-electron chi connectivity index (χ4n) is 2.25. The molecule has 1 fully saturated rings. The van der Waals surface area contributed by atoms with Crippen molar-refractivity contribution in [2.45, 2.75) is 25.3 Å². The van der Waals surface area contributed by atoms with Crippen LogP contribution in [0.2, 0.25) is 0 Å². The average molecular weight is 302 g/mol. The first-order chi connectivity index (χ1) is 8.16. The van der Waals surface area contributed by atoms with Crippen LogP contribution in [0.25, 0.3) is 0 Å². The summed E-state index contributed by atoms with van der Waals surface area (Å²) >= 11 is 3.25. The lowest BCUT2D eigenvalue weighted by atomic mass is 9.88. The zero-order chi connectivity index (χ0) is 12.3. The normalized spacial score (nSPS) is 19.2. The van der Waals surface area contributed by atoms with E-state index in [1.807, 2.05) is 6.07 Å². The van der Waals surface area contributed by atoms with E-state index in [2.05, 4.69) is 15.9 Å². The first-order valence-corrected chi connectivity index (χ1v) is 6.73. The van der Waals surface area contributed by atoms with Crippen molar-refractivity contribution in [2.75, 3.05) is 13.2 Å². The molecule has 2 nitrogen and oxygen atoms in total. The Hall–Kier alpha value is -0.450. The second-order valence-electron chi connectivity index (χ2n) is 4.55. The summed E-state index contributed by atoms with van der Waals surface area (Å²) in [5.74, 6) is 0.272. The molecule has 1 aromatic rings. The smallest absolute Gasteiger partial charge is 0.127 e. The monoisotopic (exact) mass is 301 g/mol. The maximum atomic E-state index is 13.7. The second-order valence-corrected chi connectivity index (χ2v) is 5.47. The van der Waals surface area contributed by atoms with Gasteiger partial charge in [0.2, 0.25) is 0 Å². The third kappa shape index (κ3) is 3.50. The molecule has 0 amide bonds. The van der Waals surface area contributed by atoms with Crippen LogP contribution >= 0.6 is 15.9 Å². The first kappa shape index (κ1) is 13.0. The predicted molar refractivity (Wildman–Crippen MR) is 69.3 cm³/mol. The quantitative estimate of drug-likeness (QED) is 0.932. The molecule has 0 bridgehead atoms. The van der Waals surface area contributed by atoms with Gasteiger partial charge in [0, 0.05) is 23.7 Å². The number of halogens is 2. The van der Waals surface area contributed by atoms with Crippen LogP contribution in [0.5, 0.6) is 0 Å². The SMILES string of the molecule is NC(Cc1ccc(Br)cc1F)C1CCOCC1. The highest BCUT2D eigenvalue weighted by Gasteiger charge is 2.21. The Morgan fingerprint density at radius 1 is 1.41 bits per heavy atom. The molecule has 4 heteroatoms. The van der Waals surface area contributed by atoms with Gasteiger partial charge in [0.25, 0.3) is 0 Å². The van der Waals surface area contributed by atoms with Gasteiger partial charge in [0.15, 0.2) is 0 Å². The van der Waals surface area contributed by atoms with Gasteiger partial charge >= 0.3 is 0 Å². The fraction of sp³-hybridized carbons (Fsp3) is 0.538. The summed E-state index contributed by atoms with van der Waals surface area (Å²) in [6.45, 7) is 1.56. The van der Waals surface area contributed by atoms with E-state index in [0.717, 1.165) is 30.5 Å². The summed E-state index contributed by atoms with van der Waals surface area (Å²) < 4.78 is 19.7. The van der Waals surface area contributed by atoms with E-state index in [4.69, 9.17) is 10.5 Å². The van der Waals surface area contributed by atoms with Gasteiger partial charge in [-0.25, -0.2) is 4.39 Å². The molecule has 1 saturated heterocycles. The molecule has 17 heavy (non-hydrogen) atoms. The van der Waals surface area contributed by atoms with Gasteiger partial charge in [0.05, 0.1) is 0 Å². The van der Waals surface area contributed by atoms with Crippen LogP contribution in [-0.4, -0.2) is 19.3 Å². The van der Waals surface area contributed by atoms with E-state index in [-0.39, 0.29) is 11.9 Å². The van der Waals surface area contributed by atoms with Crippen molar-refractivity contribution in [3.05, 3.63) is 34.1 Å². The molecule has 2 N–H and O–H groups in total. The Labute approximate surface area is 109 Å². The highest BCUT2D eigenvalue weighted by atomic mass is 79.9. The largest absolute Gasteiger partial charge is 0.381 e. The molecule has 1 unspecified atom stereocenters. The number of rotatable bonds is 3. The maximum Gasteiger partial charge on any atom is 0.127 e. The standard InChI is InChI=1S/C13H17BrFNO/c14-11-2-1-10(12(15)8-11)7-13(16)9-3-5-17-6-4-9/h1-2,8-9,13H,3-7,16H2. The summed E-state index contributed by atoms with van der Waals surface area (Å²) in [5.41, 5.74) is 6.85. The van der Waals surface area contributed by atoms with Crippen molar-refractivity contribution in [1.29, 1.82) is 0 Å². The molecule has 1 aromatic carbocycles. The number of benzene rings is 1. The molecule has 0 radical (unpaired) electrons. The molecule has 1 atom stereocenters. The highest BCUT2D eigenvalue weighted by molar-refractivity contribution is 9.10. The molecule has 1 aliphatic rings. The molecule has 0 aliphatic carbocycles. The number of hydrogen-bond acceptors (Lipinski definition) is 2. The van der Waals surface area contributed by atoms with Gasteiger partial charge in [0.1, 0.15) is 5.82 Å². The minimum Gasteiger partial charge on any atom is -0.381 e. The van der Waals surface area contributed by atoms with Crippen LogP contribution in [0.4, 0.5) is 4.39 Å². The third-order valence-electron chi connectivity index (χ3n) is 3.34. The van der Waals surface area contributed by atoms with Crippen molar-refractivity contribution in [1.82, 2.24) is 0 Å². The molecule has 94 valence electrons. The van der Waals surface area contributed by atoms with Crippen LogP contribution in [0.3, 0.4) is 0 Å². The van der Waals surface area contributed by atoms with Crippen LogP contribution < -0.4 is 5.73 Å². The molecule has 1 heterocycles. The topological polar surface area (TPSA) is 35.2 Å². The van der Waals surface area contributed by atoms with Crippen molar-refractivity contribution >= 4 is 15.9 Å². The average Bonchev–Trinajstić information content (AvgIpc) is 2.34. The number of nitrogens with two attached hydrogens (primary N) is 1. The lowest BCUT2D eigenvalue weighted by Gasteiger charge is -2.27. The van der Waals surface area contributed by atoms with Gasteiger partial charge in [-0.2, -0.15) is 0 Å². The minimum absolute atomic E-state index is 0.0228. The van der Waals surface area contributed by atoms with Crippen LogP contribution in [0.15, 0.2) is 22.7 Å². The molecule has 1 aliphatic heterocycles. The molecular weight excluding hydrogens is 285 g/mol. The van der Waals surface area contributed by atoms with Crippen molar-refractivity contribution in [3.63, 3.8) is 0 Å². The van der Waals surface area contributed by atoms with E-state index in [0.29, 0.717) is 17.9 Å². The highest BCUT2D eigenvalue weighted by Crippen LogP contribution is 2.22.